The quantitative estimate of drug-likeness (QED) is 0.168. The first-order valence-electron chi connectivity index (χ1n) is 16.2. The number of likely N-dealkylation sites (tertiary alicyclic amines) is 1. The number of nitrogens with zero attached hydrogens (tertiary/aromatic N) is 4. The fourth-order valence-electron chi connectivity index (χ4n) is 5.23. The third kappa shape index (κ3) is 8.81. The van der Waals surface area contributed by atoms with E-state index in [9.17, 15) is 18.8 Å². The lowest BCUT2D eigenvalue weighted by Crippen LogP contribution is -2.62. The molecule has 1 aromatic carbocycles. The zero-order valence-corrected chi connectivity index (χ0v) is 28.6. The van der Waals surface area contributed by atoms with Crippen LogP contribution in [0.3, 0.4) is 0 Å². The van der Waals surface area contributed by atoms with Crippen molar-refractivity contribution >= 4 is 45.3 Å². The molecule has 1 saturated carbocycles. The Morgan fingerprint density at radius 3 is 2.53 bits per heavy atom. The molecule has 0 bridgehead atoms. The van der Waals surface area contributed by atoms with Crippen LogP contribution in [-0.4, -0.2) is 81.8 Å². The number of rotatable bonds is 11. The molecule has 2 fully saturated rings. The van der Waals surface area contributed by atoms with E-state index in [1.54, 1.807) is 36.4 Å². The van der Waals surface area contributed by atoms with Crippen molar-refractivity contribution in [3.05, 3.63) is 66.2 Å². The van der Waals surface area contributed by atoms with Gasteiger partial charge in [-0.05, 0) is 70.4 Å². The van der Waals surface area contributed by atoms with E-state index in [2.05, 4.69) is 15.6 Å². The number of hydrogen-bond acceptors (Lipinski definition) is 10. The number of amides is 3. The van der Waals surface area contributed by atoms with Crippen LogP contribution in [0.4, 0.5) is 19.7 Å². The number of fused-ring (bicyclic) bond motifs is 1. The molecule has 0 atom stereocenters. The number of urea groups is 1. The van der Waals surface area contributed by atoms with Gasteiger partial charge in [-0.3, -0.25) is 19.7 Å². The molecule has 49 heavy (non-hydrogen) atoms. The van der Waals surface area contributed by atoms with Crippen molar-refractivity contribution in [1.29, 1.82) is 0 Å². The normalized spacial score (nSPS) is 14.8. The number of halogens is 1. The van der Waals surface area contributed by atoms with Crippen molar-refractivity contribution in [3.8, 4) is 22.1 Å². The van der Waals surface area contributed by atoms with Gasteiger partial charge in [-0.25, -0.2) is 14.0 Å². The number of carbonyl (C=O) groups is 3. The smallest absolute Gasteiger partial charge is 0.410 e. The van der Waals surface area contributed by atoms with E-state index in [0.29, 0.717) is 36.6 Å². The molecular weight excluding hydrogens is 651 g/mol. The monoisotopic (exact) mass is 690 g/mol. The highest BCUT2D eigenvalue weighted by Crippen LogP contribution is 2.39. The van der Waals surface area contributed by atoms with Crippen LogP contribution in [0, 0.1) is 5.82 Å². The Morgan fingerprint density at radius 1 is 1.06 bits per heavy atom. The van der Waals surface area contributed by atoms with Crippen molar-refractivity contribution in [2.75, 3.05) is 31.6 Å². The number of pyridine rings is 2. The van der Waals surface area contributed by atoms with Crippen LogP contribution in [-0.2, 0) is 20.8 Å². The van der Waals surface area contributed by atoms with Gasteiger partial charge in [0.2, 0.25) is 0 Å². The Balaban J connectivity index is 1.12. The molecule has 258 valence electrons. The highest BCUT2D eigenvalue weighted by atomic mass is 32.1. The first-order chi connectivity index (χ1) is 23.4. The van der Waals surface area contributed by atoms with Crippen molar-refractivity contribution in [3.63, 3.8) is 0 Å². The number of anilines is 1. The summed E-state index contributed by atoms with van der Waals surface area (Å²) in [5, 5.41) is 5.45. The van der Waals surface area contributed by atoms with Crippen molar-refractivity contribution < 1.29 is 33.0 Å². The summed E-state index contributed by atoms with van der Waals surface area (Å²) in [6, 6.07) is 11.5. The van der Waals surface area contributed by atoms with Crippen LogP contribution < -0.4 is 15.4 Å². The highest BCUT2D eigenvalue weighted by Gasteiger charge is 2.38. The Kier molecular flexibility index (Phi) is 9.97. The molecule has 1 aliphatic carbocycles. The van der Waals surface area contributed by atoms with Crippen LogP contribution in [0.15, 0.2) is 54.9 Å². The lowest BCUT2D eigenvalue weighted by atomic mass is 10.1. The molecule has 0 unspecified atom stereocenters. The maximum atomic E-state index is 15.0. The van der Waals surface area contributed by atoms with E-state index in [-0.39, 0.29) is 49.1 Å². The Morgan fingerprint density at radius 2 is 1.86 bits per heavy atom. The number of benzene rings is 1. The number of esters is 1. The second kappa shape index (κ2) is 14.3. The van der Waals surface area contributed by atoms with Gasteiger partial charge in [0.1, 0.15) is 11.4 Å². The second-order valence-corrected chi connectivity index (χ2v) is 14.1. The van der Waals surface area contributed by atoms with Gasteiger partial charge in [-0.1, -0.05) is 6.07 Å². The molecule has 14 heteroatoms. The summed E-state index contributed by atoms with van der Waals surface area (Å²) in [5.41, 5.74) is 2.04. The van der Waals surface area contributed by atoms with E-state index in [4.69, 9.17) is 19.2 Å². The van der Waals surface area contributed by atoms with Gasteiger partial charge in [0.05, 0.1) is 33.9 Å². The summed E-state index contributed by atoms with van der Waals surface area (Å²) in [7, 11) is 0. The minimum Gasteiger partial charge on any atom is -0.465 e. The van der Waals surface area contributed by atoms with Gasteiger partial charge >= 0.3 is 18.1 Å². The zero-order valence-electron chi connectivity index (χ0n) is 27.8. The number of nitrogens with one attached hydrogen (secondary N) is 2. The van der Waals surface area contributed by atoms with Crippen molar-refractivity contribution in [2.45, 2.75) is 64.8 Å². The Hall–Kier alpha value is -4.82. The molecule has 1 saturated heterocycles. The van der Waals surface area contributed by atoms with E-state index in [1.165, 1.54) is 23.5 Å². The van der Waals surface area contributed by atoms with Gasteiger partial charge in [0.25, 0.3) is 0 Å². The standard InChI is InChI=1S/C35H39FN6O6S/c1-5-46-31(43)20-41(24-18-42(19-24)34(45)48-35(2,3)4)17-21-6-10-26(38-16-21)30-15-27-32(49-30)29(12-13-37-27)47-28-11-9-23(14-25(28)36)40-33(44)39-22-7-8-22/h6,9-16,22,24H,5,7-8,17-20H2,1-4H3,(H2,39,40,44). The van der Waals surface area contributed by atoms with Crippen molar-refractivity contribution in [1.82, 2.24) is 25.1 Å². The first kappa shape index (κ1) is 34.1. The average molecular weight is 691 g/mol. The van der Waals surface area contributed by atoms with Crippen LogP contribution >= 0.6 is 11.3 Å². The molecule has 6 rings (SSSR count). The number of hydrogen-bond donors (Lipinski definition) is 2. The number of carbonyl (C=O) groups excluding carboxylic acids is 3. The van der Waals surface area contributed by atoms with Gasteiger partial charge in [0, 0.05) is 61.9 Å². The molecule has 1 aliphatic heterocycles. The van der Waals surface area contributed by atoms with E-state index >= 15 is 0 Å². The van der Waals surface area contributed by atoms with E-state index < -0.39 is 11.4 Å². The van der Waals surface area contributed by atoms with Gasteiger partial charge in [-0.15, -0.1) is 11.3 Å². The highest BCUT2D eigenvalue weighted by molar-refractivity contribution is 7.22. The second-order valence-electron chi connectivity index (χ2n) is 13.1. The van der Waals surface area contributed by atoms with Crippen molar-refractivity contribution in [2.24, 2.45) is 0 Å². The molecule has 3 aromatic heterocycles. The predicted octanol–water partition coefficient (Wildman–Crippen LogP) is 6.56. The molecule has 2 N–H and O–H groups in total. The predicted molar refractivity (Wildman–Crippen MR) is 183 cm³/mol. The molecule has 0 radical (unpaired) electrons. The fraction of sp³-hybridized carbons (Fsp3) is 0.400. The SMILES string of the molecule is CCOC(=O)CN(Cc1ccc(-c2cc3nccc(Oc4ccc(NC(=O)NC5CC5)cc4F)c3s2)nc1)C1CN(C(=O)OC(C)(C)C)C1. The Bertz CT molecular complexity index is 1830. The maximum absolute atomic E-state index is 15.0. The van der Waals surface area contributed by atoms with Crippen LogP contribution in [0.1, 0.15) is 46.1 Å². The third-order valence-corrected chi connectivity index (χ3v) is 8.99. The molecule has 2 aliphatic rings. The van der Waals surface area contributed by atoms with Gasteiger partial charge < -0.3 is 29.7 Å². The summed E-state index contributed by atoms with van der Waals surface area (Å²) >= 11 is 1.42. The molecule has 4 heterocycles. The van der Waals surface area contributed by atoms with Crippen LogP contribution in [0.5, 0.6) is 11.5 Å². The van der Waals surface area contributed by atoms with Crippen LogP contribution in [0.25, 0.3) is 20.8 Å². The number of aromatic nitrogens is 2. The van der Waals surface area contributed by atoms with E-state index in [0.717, 1.165) is 33.7 Å². The minimum absolute atomic E-state index is 0.0196. The van der Waals surface area contributed by atoms with Gasteiger partial charge in [-0.2, -0.15) is 0 Å². The Labute approximate surface area is 287 Å². The third-order valence-electron chi connectivity index (χ3n) is 7.83. The minimum atomic E-state index is -0.611. The summed E-state index contributed by atoms with van der Waals surface area (Å²) in [5.74, 6) is -0.479. The topological polar surface area (TPSA) is 135 Å². The largest absolute Gasteiger partial charge is 0.465 e. The summed E-state index contributed by atoms with van der Waals surface area (Å²) in [6.45, 7) is 8.95. The lowest BCUT2D eigenvalue weighted by molar-refractivity contribution is -0.146. The average Bonchev–Trinajstić information content (AvgIpc) is 3.70. The zero-order chi connectivity index (χ0) is 34.7. The molecule has 0 spiro atoms. The van der Waals surface area contributed by atoms with Gasteiger partial charge in [0.15, 0.2) is 11.6 Å². The molecule has 12 nitrogen and oxygen atoms in total. The lowest BCUT2D eigenvalue weighted by Gasteiger charge is -2.45. The molecule has 4 aromatic rings. The van der Waals surface area contributed by atoms with E-state index in [1.807, 2.05) is 43.9 Å². The molecule has 3 amide bonds. The number of thiophene rings is 1. The fourth-order valence-corrected chi connectivity index (χ4v) is 6.27. The first-order valence-corrected chi connectivity index (χ1v) is 17.0. The number of ether oxygens (including phenoxy) is 3. The summed E-state index contributed by atoms with van der Waals surface area (Å²) in [4.78, 5) is 50.6. The maximum Gasteiger partial charge on any atom is 0.410 e. The molecular formula is C35H39FN6O6S. The summed E-state index contributed by atoms with van der Waals surface area (Å²) in [6.07, 6.45) is 4.91. The summed E-state index contributed by atoms with van der Waals surface area (Å²) < 4.78 is 32.4. The van der Waals surface area contributed by atoms with Crippen LogP contribution in [0.2, 0.25) is 0 Å².